The molecule has 4 heteroatoms. The lowest BCUT2D eigenvalue weighted by Crippen LogP contribution is -2.47. The fraction of sp³-hybridized carbons (Fsp3) is 0.500. The number of unbranched alkanes of at least 4 members (excludes halogenated alkanes) is 1. The number of piperidine rings is 1. The van der Waals surface area contributed by atoms with Gasteiger partial charge in [-0.2, -0.15) is 0 Å². The summed E-state index contributed by atoms with van der Waals surface area (Å²) in [6, 6.07) is 11.4. The summed E-state index contributed by atoms with van der Waals surface area (Å²) in [5, 5.41) is 1.31. The van der Waals surface area contributed by atoms with Gasteiger partial charge in [-0.3, -0.25) is 0 Å². The second-order valence-corrected chi connectivity index (χ2v) is 9.37. The van der Waals surface area contributed by atoms with Gasteiger partial charge in [-0.05, 0) is 67.1 Å². The Kier molecular flexibility index (Phi) is 5.07. The molecule has 3 aliphatic rings. The summed E-state index contributed by atoms with van der Waals surface area (Å²) in [5.74, 6) is 0.621. The fourth-order valence-corrected chi connectivity index (χ4v) is 5.99. The molecule has 0 aromatic heterocycles. The highest BCUT2D eigenvalue weighted by molar-refractivity contribution is 6.43. The highest BCUT2D eigenvalue weighted by atomic mass is 35.5. The standard InChI is InChI=1S/C24H28Cl2N2/c1-2-3-10-27-12-9-22-20(15-27)19-14-17(18-7-4-8-21(25)23(18)26)13-16-6-5-11-28(22)24(16)19/h4,7-8,13-14,20,22H,2-3,5-6,9-12,15H2,1H3. The van der Waals surface area contributed by atoms with Crippen LogP contribution in [0.15, 0.2) is 30.3 Å². The molecule has 0 radical (unpaired) electrons. The van der Waals surface area contributed by atoms with Crippen LogP contribution in [-0.4, -0.2) is 37.1 Å². The molecule has 2 aromatic carbocycles. The molecule has 0 N–H and O–H groups in total. The molecule has 3 heterocycles. The predicted molar refractivity (Wildman–Crippen MR) is 120 cm³/mol. The Balaban J connectivity index is 1.57. The Morgan fingerprint density at radius 3 is 2.89 bits per heavy atom. The normalized spacial score (nSPS) is 23.6. The van der Waals surface area contributed by atoms with Crippen molar-refractivity contribution in [2.24, 2.45) is 0 Å². The van der Waals surface area contributed by atoms with Crippen LogP contribution in [0.4, 0.5) is 5.69 Å². The molecule has 28 heavy (non-hydrogen) atoms. The zero-order valence-corrected chi connectivity index (χ0v) is 18.1. The number of hydrogen-bond acceptors (Lipinski definition) is 2. The first-order chi connectivity index (χ1) is 13.7. The summed E-state index contributed by atoms with van der Waals surface area (Å²) in [5.41, 5.74) is 6.89. The average molecular weight is 415 g/mol. The van der Waals surface area contributed by atoms with E-state index < -0.39 is 0 Å². The van der Waals surface area contributed by atoms with E-state index in [0.29, 0.717) is 22.0 Å². The third-order valence-electron chi connectivity index (χ3n) is 6.90. The number of fused-ring (bicyclic) bond motifs is 3. The van der Waals surface area contributed by atoms with Gasteiger partial charge in [-0.25, -0.2) is 0 Å². The van der Waals surface area contributed by atoms with Crippen molar-refractivity contribution in [3.8, 4) is 11.1 Å². The average Bonchev–Trinajstić information content (AvgIpc) is 3.03. The van der Waals surface area contributed by atoms with Crippen LogP contribution in [0, 0.1) is 0 Å². The van der Waals surface area contributed by atoms with E-state index in [1.807, 2.05) is 12.1 Å². The molecule has 1 saturated heterocycles. The Bertz CT molecular complexity index is 894. The van der Waals surface area contributed by atoms with Crippen molar-refractivity contribution < 1.29 is 0 Å². The summed E-state index contributed by atoms with van der Waals surface area (Å²) in [6.07, 6.45) is 6.29. The Labute approximate surface area is 178 Å². The van der Waals surface area contributed by atoms with Crippen molar-refractivity contribution in [2.45, 2.75) is 51.0 Å². The van der Waals surface area contributed by atoms with Crippen molar-refractivity contribution in [3.05, 3.63) is 51.5 Å². The third-order valence-corrected chi connectivity index (χ3v) is 7.72. The van der Waals surface area contributed by atoms with Crippen molar-refractivity contribution in [1.29, 1.82) is 0 Å². The van der Waals surface area contributed by atoms with Crippen molar-refractivity contribution in [1.82, 2.24) is 4.90 Å². The molecule has 0 bridgehead atoms. The highest BCUT2D eigenvalue weighted by Crippen LogP contribution is 2.50. The smallest absolute Gasteiger partial charge is 0.0670 e. The molecule has 3 aliphatic heterocycles. The van der Waals surface area contributed by atoms with E-state index in [9.17, 15) is 0 Å². The van der Waals surface area contributed by atoms with Gasteiger partial charge >= 0.3 is 0 Å². The number of nitrogens with zero attached hydrogens (tertiary/aromatic N) is 2. The molecule has 148 valence electrons. The van der Waals surface area contributed by atoms with Gasteiger partial charge in [0.2, 0.25) is 0 Å². The Morgan fingerprint density at radius 2 is 2.04 bits per heavy atom. The number of benzene rings is 2. The minimum atomic E-state index is 0.621. The topological polar surface area (TPSA) is 6.48 Å². The Hall–Kier alpha value is -1.22. The fourth-order valence-electron chi connectivity index (χ4n) is 5.58. The number of anilines is 1. The van der Waals surface area contributed by atoms with Gasteiger partial charge < -0.3 is 9.80 Å². The summed E-state index contributed by atoms with van der Waals surface area (Å²) < 4.78 is 0. The minimum absolute atomic E-state index is 0.621. The quantitative estimate of drug-likeness (QED) is 0.571. The van der Waals surface area contributed by atoms with Crippen LogP contribution in [0.5, 0.6) is 0 Å². The summed E-state index contributed by atoms with van der Waals surface area (Å²) in [4.78, 5) is 5.42. The molecule has 2 aromatic rings. The van der Waals surface area contributed by atoms with Crippen molar-refractivity contribution in [3.63, 3.8) is 0 Å². The molecular formula is C24H28Cl2N2. The number of halogens is 2. The van der Waals surface area contributed by atoms with E-state index in [1.165, 1.54) is 69.4 Å². The molecule has 0 saturated carbocycles. The van der Waals surface area contributed by atoms with E-state index in [-0.39, 0.29) is 0 Å². The maximum absolute atomic E-state index is 6.58. The maximum Gasteiger partial charge on any atom is 0.0670 e. The monoisotopic (exact) mass is 414 g/mol. The molecule has 2 atom stereocenters. The van der Waals surface area contributed by atoms with Crippen LogP contribution in [0.2, 0.25) is 10.0 Å². The lowest BCUT2D eigenvalue weighted by atomic mass is 9.86. The number of hydrogen-bond donors (Lipinski definition) is 0. The second kappa shape index (κ2) is 7.55. The van der Waals surface area contributed by atoms with E-state index in [2.05, 4.69) is 34.9 Å². The van der Waals surface area contributed by atoms with Crippen molar-refractivity contribution >= 4 is 28.9 Å². The SMILES string of the molecule is CCCCN1CCC2C(C1)c1cc(-c3cccc(Cl)c3Cl)cc3c1N2CCC3. The molecule has 0 amide bonds. The van der Waals surface area contributed by atoms with E-state index in [0.717, 1.165) is 5.56 Å². The van der Waals surface area contributed by atoms with Crippen LogP contribution in [0.1, 0.15) is 49.7 Å². The van der Waals surface area contributed by atoms with Crippen molar-refractivity contribution in [2.75, 3.05) is 31.1 Å². The zero-order valence-electron chi connectivity index (χ0n) is 16.6. The first kappa shape index (κ1) is 18.8. The molecule has 1 fully saturated rings. The van der Waals surface area contributed by atoms with Crippen LogP contribution in [-0.2, 0) is 6.42 Å². The highest BCUT2D eigenvalue weighted by Gasteiger charge is 2.43. The third kappa shape index (κ3) is 3.05. The zero-order chi connectivity index (χ0) is 19.3. The van der Waals surface area contributed by atoms with E-state index >= 15 is 0 Å². The van der Waals surface area contributed by atoms with Gasteiger partial charge in [0.05, 0.1) is 10.0 Å². The molecule has 2 nitrogen and oxygen atoms in total. The summed E-state index contributed by atoms with van der Waals surface area (Å²) in [6.45, 7) is 7.18. The second-order valence-electron chi connectivity index (χ2n) is 8.59. The van der Waals surface area contributed by atoms with Crippen LogP contribution < -0.4 is 4.90 Å². The summed E-state index contributed by atoms with van der Waals surface area (Å²) in [7, 11) is 0. The van der Waals surface area contributed by atoms with Crippen LogP contribution >= 0.6 is 23.2 Å². The van der Waals surface area contributed by atoms with E-state index in [1.54, 1.807) is 11.3 Å². The lowest BCUT2D eigenvalue weighted by Gasteiger charge is -2.40. The minimum Gasteiger partial charge on any atom is -0.367 e. The maximum atomic E-state index is 6.58. The van der Waals surface area contributed by atoms with Crippen LogP contribution in [0.3, 0.4) is 0 Å². The van der Waals surface area contributed by atoms with Crippen LogP contribution in [0.25, 0.3) is 11.1 Å². The Morgan fingerprint density at radius 1 is 1.14 bits per heavy atom. The molecular weight excluding hydrogens is 387 g/mol. The van der Waals surface area contributed by atoms with Gasteiger partial charge in [0.15, 0.2) is 0 Å². The largest absolute Gasteiger partial charge is 0.367 e. The molecule has 0 aliphatic carbocycles. The summed E-state index contributed by atoms with van der Waals surface area (Å²) >= 11 is 12.9. The number of rotatable bonds is 4. The predicted octanol–water partition coefficient (Wildman–Crippen LogP) is 6.38. The van der Waals surface area contributed by atoms with Gasteiger partial charge in [0, 0.05) is 42.8 Å². The molecule has 2 unspecified atom stereocenters. The molecule has 5 rings (SSSR count). The first-order valence-corrected chi connectivity index (χ1v) is 11.5. The van der Waals surface area contributed by atoms with Gasteiger partial charge in [-0.1, -0.05) is 48.7 Å². The number of likely N-dealkylation sites (tertiary alicyclic amines) is 1. The van der Waals surface area contributed by atoms with Gasteiger partial charge in [0.25, 0.3) is 0 Å². The first-order valence-electron chi connectivity index (χ1n) is 10.8. The van der Waals surface area contributed by atoms with E-state index in [4.69, 9.17) is 23.2 Å². The number of aryl methyl sites for hydroxylation is 1. The van der Waals surface area contributed by atoms with Gasteiger partial charge in [0.1, 0.15) is 0 Å². The molecule has 0 spiro atoms. The lowest BCUT2D eigenvalue weighted by molar-refractivity contribution is 0.191. The van der Waals surface area contributed by atoms with Gasteiger partial charge in [-0.15, -0.1) is 0 Å².